The fourth-order valence-electron chi connectivity index (χ4n) is 3.10. The van der Waals surface area contributed by atoms with Gasteiger partial charge >= 0.3 is 0 Å². The Hall–Kier alpha value is -1.02. The maximum Gasteiger partial charge on any atom is 0.122 e. The molecule has 0 aliphatic carbocycles. The van der Waals surface area contributed by atoms with Crippen LogP contribution in [0.1, 0.15) is 76.0 Å². The van der Waals surface area contributed by atoms with Crippen molar-refractivity contribution in [1.82, 2.24) is 5.32 Å². The SMILES string of the molecule is CCCCCCCCNC(CC)c1ccc2c(c1)CCO2. The maximum atomic E-state index is 5.59. The molecular weight excluding hydrogens is 258 g/mol. The van der Waals surface area contributed by atoms with Gasteiger partial charge in [0.2, 0.25) is 0 Å². The highest BCUT2D eigenvalue weighted by Crippen LogP contribution is 2.29. The fraction of sp³-hybridized carbons (Fsp3) is 0.684. The molecule has 1 aromatic carbocycles. The lowest BCUT2D eigenvalue weighted by molar-refractivity contribution is 0.356. The fourth-order valence-corrected chi connectivity index (χ4v) is 3.10. The first-order valence-electron chi connectivity index (χ1n) is 8.84. The lowest BCUT2D eigenvalue weighted by Gasteiger charge is -2.18. The Bertz CT molecular complexity index is 416. The Labute approximate surface area is 130 Å². The van der Waals surface area contributed by atoms with Crippen molar-refractivity contribution in [2.24, 2.45) is 0 Å². The van der Waals surface area contributed by atoms with E-state index in [0.29, 0.717) is 6.04 Å². The number of hydrogen-bond donors (Lipinski definition) is 1. The van der Waals surface area contributed by atoms with Crippen LogP contribution in [0.15, 0.2) is 18.2 Å². The van der Waals surface area contributed by atoms with Gasteiger partial charge in [-0.3, -0.25) is 0 Å². The molecule has 0 saturated heterocycles. The van der Waals surface area contributed by atoms with Crippen LogP contribution in [-0.4, -0.2) is 13.2 Å². The lowest BCUT2D eigenvalue weighted by Crippen LogP contribution is -2.22. The largest absolute Gasteiger partial charge is 0.493 e. The minimum absolute atomic E-state index is 0.492. The topological polar surface area (TPSA) is 21.3 Å². The molecule has 1 aliphatic rings. The zero-order valence-electron chi connectivity index (χ0n) is 13.8. The molecule has 1 N–H and O–H groups in total. The third kappa shape index (κ3) is 5.03. The highest BCUT2D eigenvalue weighted by molar-refractivity contribution is 5.40. The summed E-state index contributed by atoms with van der Waals surface area (Å²) in [6, 6.07) is 7.20. The predicted octanol–water partition coefficient (Wildman–Crippen LogP) is 5.02. The number of unbranched alkanes of at least 4 members (excludes halogenated alkanes) is 5. The Balaban J connectivity index is 1.73. The van der Waals surface area contributed by atoms with Crippen LogP contribution in [-0.2, 0) is 6.42 Å². The van der Waals surface area contributed by atoms with E-state index in [2.05, 4.69) is 37.4 Å². The second-order valence-corrected chi connectivity index (χ2v) is 6.15. The van der Waals surface area contributed by atoms with Gasteiger partial charge in [0.05, 0.1) is 6.61 Å². The predicted molar refractivity (Wildman–Crippen MR) is 90.1 cm³/mol. The van der Waals surface area contributed by atoms with Gasteiger partial charge in [-0.1, -0.05) is 58.1 Å². The molecule has 0 saturated carbocycles. The van der Waals surface area contributed by atoms with E-state index in [9.17, 15) is 0 Å². The van der Waals surface area contributed by atoms with Crippen molar-refractivity contribution in [2.45, 2.75) is 71.3 Å². The summed E-state index contributed by atoms with van der Waals surface area (Å²) < 4.78 is 5.59. The Morgan fingerprint density at radius 3 is 2.71 bits per heavy atom. The first-order chi connectivity index (χ1) is 10.3. The molecule has 0 radical (unpaired) electrons. The normalized spacial score (nSPS) is 14.8. The molecule has 2 nitrogen and oxygen atoms in total. The Morgan fingerprint density at radius 1 is 1.10 bits per heavy atom. The smallest absolute Gasteiger partial charge is 0.122 e. The molecule has 1 unspecified atom stereocenters. The lowest BCUT2D eigenvalue weighted by atomic mass is 10.0. The summed E-state index contributed by atoms with van der Waals surface area (Å²) in [6.45, 7) is 6.52. The minimum Gasteiger partial charge on any atom is -0.493 e. The van der Waals surface area contributed by atoms with Gasteiger partial charge in [-0.2, -0.15) is 0 Å². The van der Waals surface area contributed by atoms with Gasteiger partial charge in [0.25, 0.3) is 0 Å². The van der Waals surface area contributed by atoms with Gasteiger partial charge in [-0.15, -0.1) is 0 Å². The number of fused-ring (bicyclic) bond motifs is 1. The molecule has 21 heavy (non-hydrogen) atoms. The summed E-state index contributed by atoms with van der Waals surface area (Å²) in [5.41, 5.74) is 2.81. The van der Waals surface area contributed by atoms with Crippen molar-refractivity contribution in [3.63, 3.8) is 0 Å². The van der Waals surface area contributed by atoms with E-state index in [0.717, 1.165) is 31.7 Å². The van der Waals surface area contributed by atoms with Gasteiger partial charge in [-0.25, -0.2) is 0 Å². The Kier molecular flexibility index (Phi) is 7.08. The highest BCUT2D eigenvalue weighted by Gasteiger charge is 2.15. The zero-order chi connectivity index (χ0) is 14.9. The van der Waals surface area contributed by atoms with Gasteiger partial charge in [0, 0.05) is 12.5 Å². The number of rotatable bonds is 10. The van der Waals surface area contributed by atoms with E-state index < -0.39 is 0 Å². The number of benzene rings is 1. The summed E-state index contributed by atoms with van der Waals surface area (Å²) in [5.74, 6) is 1.09. The van der Waals surface area contributed by atoms with E-state index in [1.54, 1.807) is 0 Å². The molecule has 1 atom stereocenters. The second-order valence-electron chi connectivity index (χ2n) is 6.15. The van der Waals surface area contributed by atoms with Crippen LogP contribution in [0.5, 0.6) is 5.75 Å². The van der Waals surface area contributed by atoms with Crippen molar-refractivity contribution in [2.75, 3.05) is 13.2 Å². The average molecular weight is 289 g/mol. The molecule has 2 heteroatoms. The van der Waals surface area contributed by atoms with E-state index in [4.69, 9.17) is 4.74 Å². The summed E-state index contributed by atoms with van der Waals surface area (Å²) in [6.07, 6.45) is 10.4. The molecule has 118 valence electrons. The molecule has 0 amide bonds. The summed E-state index contributed by atoms with van der Waals surface area (Å²) in [4.78, 5) is 0. The van der Waals surface area contributed by atoms with Crippen LogP contribution in [0.3, 0.4) is 0 Å². The van der Waals surface area contributed by atoms with E-state index in [1.807, 2.05) is 0 Å². The standard InChI is InChI=1S/C19H31NO/c1-3-5-6-7-8-9-13-20-18(4-2)16-10-11-19-17(15-16)12-14-21-19/h10-11,15,18,20H,3-9,12-14H2,1-2H3. The molecule has 0 fully saturated rings. The molecule has 2 rings (SSSR count). The summed E-state index contributed by atoms with van der Waals surface area (Å²) >= 11 is 0. The third-order valence-electron chi connectivity index (χ3n) is 4.45. The molecule has 1 heterocycles. The molecule has 0 aromatic heterocycles. The van der Waals surface area contributed by atoms with Crippen molar-refractivity contribution in [1.29, 1.82) is 0 Å². The van der Waals surface area contributed by atoms with Crippen molar-refractivity contribution >= 4 is 0 Å². The minimum atomic E-state index is 0.492. The number of hydrogen-bond acceptors (Lipinski definition) is 2. The van der Waals surface area contributed by atoms with E-state index in [-0.39, 0.29) is 0 Å². The van der Waals surface area contributed by atoms with Gasteiger partial charge in [0.15, 0.2) is 0 Å². The maximum absolute atomic E-state index is 5.59. The summed E-state index contributed by atoms with van der Waals surface area (Å²) in [7, 11) is 0. The number of ether oxygens (including phenoxy) is 1. The highest BCUT2D eigenvalue weighted by atomic mass is 16.5. The van der Waals surface area contributed by atoms with Gasteiger partial charge < -0.3 is 10.1 Å². The molecule has 1 aliphatic heterocycles. The zero-order valence-corrected chi connectivity index (χ0v) is 13.8. The molecule has 0 bridgehead atoms. The van der Waals surface area contributed by atoms with Crippen molar-refractivity contribution in [3.05, 3.63) is 29.3 Å². The third-order valence-corrected chi connectivity index (χ3v) is 4.45. The van der Waals surface area contributed by atoms with Crippen LogP contribution in [0, 0.1) is 0 Å². The van der Waals surface area contributed by atoms with E-state index >= 15 is 0 Å². The molecular formula is C19H31NO. The van der Waals surface area contributed by atoms with Crippen molar-refractivity contribution < 1.29 is 4.74 Å². The monoisotopic (exact) mass is 289 g/mol. The first kappa shape index (κ1) is 16.4. The van der Waals surface area contributed by atoms with Crippen LogP contribution < -0.4 is 10.1 Å². The quantitative estimate of drug-likeness (QED) is 0.610. The van der Waals surface area contributed by atoms with Crippen molar-refractivity contribution in [3.8, 4) is 5.75 Å². The molecule has 0 spiro atoms. The van der Waals surface area contributed by atoms with Crippen LogP contribution in [0.2, 0.25) is 0 Å². The first-order valence-corrected chi connectivity index (χ1v) is 8.84. The van der Waals surface area contributed by atoms with Crippen LogP contribution >= 0.6 is 0 Å². The van der Waals surface area contributed by atoms with Crippen LogP contribution in [0.4, 0.5) is 0 Å². The van der Waals surface area contributed by atoms with Gasteiger partial charge in [0.1, 0.15) is 5.75 Å². The van der Waals surface area contributed by atoms with E-state index in [1.165, 1.54) is 49.7 Å². The molecule has 1 aromatic rings. The van der Waals surface area contributed by atoms with Crippen LogP contribution in [0.25, 0.3) is 0 Å². The summed E-state index contributed by atoms with van der Waals surface area (Å²) in [5, 5.41) is 3.73. The van der Waals surface area contributed by atoms with Gasteiger partial charge in [-0.05, 0) is 36.6 Å². The second kappa shape index (κ2) is 9.09. The average Bonchev–Trinajstić information content (AvgIpc) is 2.97. The number of nitrogens with one attached hydrogen (secondary N) is 1. The Morgan fingerprint density at radius 2 is 1.90 bits per heavy atom.